The van der Waals surface area contributed by atoms with E-state index in [2.05, 4.69) is 20.7 Å². The van der Waals surface area contributed by atoms with Crippen LogP contribution in [0.5, 0.6) is 5.75 Å². The lowest BCUT2D eigenvalue weighted by Gasteiger charge is -2.09. The molecule has 0 saturated carbocycles. The van der Waals surface area contributed by atoms with E-state index >= 15 is 0 Å². The average molecular weight is 259 g/mol. The summed E-state index contributed by atoms with van der Waals surface area (Å²) in [5.41, 5.74) is 4.16. The minimum atomic E-state index is 0.378. The SMILES string of the molecule is CCOc1cccc(Nc2cc(C)nc(NN)n2)c1. The Morgan fingerprint density at radius 3 is 2.84 bits per heavy atom. The van der Waals surface area contributed by atoms with Crippen molar-refractivity contribution in [2.75, 3.05) is 17.3 Å². The van der Waals surface area contributed by atoms with Gasteiger partial charge in [-0.05, 0) is 26.0 Å². The molecule has 0 aliphatic heterocycles. The van der Waals surface area contributed by atoms with Crippen molar-refractivity contribution >= 4 is 17.5 Å². The van der Waals surface area contributed by atoms with Crippen molar-refractivity contribution in [3.8, 4) is 5.75 Å². The zero-order valence-corrected chi connectivity index (χ0v) is 11.0. The van der Waals surface area contributed by atoms with Gasteiger partial charge >= 0.3 is 0 Å². The van der Waals surface area contributed by atoms with Crippen molar-refractivity contribution in [2.45, 2.75) is 13.8 Å². The lowest BCUT2D eigenvalue weighted by molar-refractivity contribution is 0.340. The molecule has 0 radical (unpaired) electrons. The van der Waals surface area contributed by atoms with Gasteiger partial charge in [0.05, 0.1) is 6.61 Å². The molecule has 0 saturated heterocycles. The molecule has 6 nitrogen and oxygen atoms in total. The Morgan fingerprint density at radius 2 is 2.11 bits per heavy atom. The smallest absolute Gasteiger partial charge is 0.239 e. The maximum absolute atomic E-state index is 5.45. The van der Waals surface area contributed by atoms with Crippen LogP contribution >= 0.6 is 0 Å². The number of aryl methyl sites for hydroxylation is 1. The van der Waals surface area contributed by atoms with Crippen LogP contribution in [-0.4, -0.2) is 16.6 Å². The van der Waals surface area contributed by atoms with Crippen molar-refractivity contribution in [1.82, 2.24) is 9.97 Å². The molecule has 6 heteroatoms. The molecular formula is C13H17N5O. The van der Waals surface area contributed by atoms with Gasteiger partial charge in [0.1, 0.15) is 11.6 Å². The first kappa shape index (κ1) is 13.1. The van der Waals surface area contributed by atoms with Gasteiger partial charge in [-0.15, -0.1) is 0 Å². The zero-order chi connectivity index (χ0) is 13.7. The van der Waals surface area contributed by atoms with Crippen molar-refractivity contribution in [1.29, 1.82) is 0 Å². The number of nitrogens with two attached hydrogens (primary N) is 1. The number of aromatic nitrogens is 2. The predicted octanol–water partition coefficient (Wildman–Crippen LogP) is 2.21. The molecule has 1 heterocycles. The number of nitrogens with zero attached hydrogens (tertiary/aromatic N) is 2. The first-order chi connectivity index (χ1) is 9.21. The third-order valence-corrected chi connectivity index (χ3v) is 2.40. The van der Waals surface area contributed by atoms with Crippen LogP contribution < -0.4 is 21.3 Å². The van der Waals surface area contributed by atoms with Gasteiger partial charge in [-0.1, -0.05) is 6.07 Å². The number of nitrogen functional groups attached to an aromatic ring is 1. The Kier molecular flexibility index (Phi) is 4.15. The molecule has 0 amide bonds. The molecule has 100 valence electrons. The molecule has 1 aromatic heterocycles. The Hall–Kier alpha value is -2.34. The topological polar surface area (TPSA) is 85.1 Å². The van der Waals surface area contributed by atoms with E-state index in [1.807, 2.05) is 44.2 Å². The summed E-state index contributed by atoms with van der Waals surface area (Å²) in [6.45, 7) is 4.47. The number of hydrogen-bond acceptors (Lipinski definition) is 6. The third kappa shape index (κ3) is 3.56. The highest BCUT2D eigenvalue weighted by atomic mass is 16.5. The van der Waals surface area contributed by atoms with Crippen LogP contribution in [0.15, 0.2) is 30.3 Å². The normalized spacial score (nSPS) is 10.1. The van der Waals surface area contributed by atoms with E-state index in [4.69, 9.17) is 10.6 Å². The van der Waals surface area contributed by atoms with E-state index in [1.54, 1.807) is 0 Å². The molecule has 0 spiro atoms. The van der Waals surface area contributed by atoms with Gasteiger partial charge < -0.3 is 10.1 Å². The van der Waals surface area contributed by atoms with Gasteiger partial charge in [-0.3, -0.25) is 5.43 Å². The first-order valence-corrected chi connectivity index (χ1v) is 6.03. The molecule has 0 bridgehead atoms. The second-order valence-corrected chi connectivity index (χ2v) is 3.95. The van der Waals surface area contributed by atoms with Gasteiger partial charge in [0.25, 0.3) is 0 Å². The number of rotatable bonds is 5. The van der Waals surface area contributed by atoms with E-state index in [-0.39, 0.29) is 0 Å². The fraction of sp³-hybridized carbons (Fsp3) is 0.231. The number of nitrogens with one attached hydrogen (secondary N) is 2. The van der Waals surface area contributed by atoms with E-state index in [0.29, 0.717) is 18.4 Å². The summed E-state index contributed by atoms with van der Waals surface area (Å²) >= 11 is 0. The maximum atomic E-state index is 5.45. The Balaban J connectivity index is 2.20. The van der Waals surface area contributed by atoms with Gasteiger partial charge in [0.2, 0.25) is 5.95 Å². The van der Waals surface area contributed by atoms with Crippen LogP contribution in [0.3, 0.4) is 0 Å². The number of benzene rings is 1. The van der Waals surface area contributed by atoms with Crippen molar-refractivity contribution in [3.63, 3.8) is 0 Å². The summed E-state index contributed by atoms with van der Waals surface area (Å²) < 4.78 is 5.45. The fourth-order valence-corrected chi connectivity index (χ4v) is 1.68. The Bertz CT molecular complexity index is 558. The summed E-state index contributed by atoms with van der Waals surface area (Å²) in [7, 11) is 0. The highest BCUT2D eigenvalue weighted by molar-refractivity contribution is 5.59. The van der Waals surface area contributed by atoms with Crippen molar-refractivity contribution in [2.24, 2.45) is 5.84 Å². The third-order valence-electron chi connectivity index (χ3n) is 2.40. The summed E-state index contributed by atoms with van der Waals surface area (Å²) in [4.78, 5) is 8.35. The molecule has 2 aromatic rings. The largest absolute Gasteiger partial charge is 0.494 e. The van der Waals surface area contributed by atoms with Crippen LogP contribution in [0.1, 0.15) is 12.6 Å². The number of hydrazine groups is 1. The summed E-state index contributed by atoms with van der Waals surface area (Å²) in [5.74, 6) is 7.19. The zero-order valence-electron chi connectivity index (χ0n) is 11.0. The molecule has 0 atom stereocenters. The quantitative estimate of drug-likeness (QED) is 0.564. The second-order valence-electron chi connectivity index (χ2n) is 3.95. The predicted molar refractivity (Wildman–Crippen MR) is 75.5 cm³/mol. The fourth-order valence-electron chi connectivity index (χ4n) is 1.68. The molecule has 4 N–H and O–H groups in total. The van der Waals surface area contributed by atoms with Gasteiger partial charge in [-0.2, -0.15) is 4.98 Å². The molecule has 0 aliphatic carbocycles. The lowest BCUT2D eigenvalue weighted by Crippen LogP contribution is -2.11. The second kappa shape index (κ2) is 6.01. The van der Waals surface area contributed by atoms with Gasteiger partial charge in [0.15, 0.2) is 0 Å². The average Bonchev–Trinajstić information content (AvgIpc) is 2.39. The minimum absolute atomic E-state index is 0.378. The molecule has 0 aliphatic rings. The number of ether oxygens (including phenoxy) is 1. The van der Waals surface area contributed by atoms with E-state index in [1.165, 1.54) is 0 Å². The molecule has 1 aromatic carbocycles. The van der Waals surface area contributed by atoms with Crippen LogP contribution in [0.25, 0.3) is 0 Å². The van der Waals surface area contributed by atoms with Gasteiger partial charge in [0, 0.05) is 23.5 Å². The van der Waals surface area contributed by atoms with Crippen LogP contribution in [0, 0.1) is 6.92 Å². The van der Waals surface area contributed by atoms with E-state index in [9.17, 15) is 0 Å². The maximum Gasteiger partial charge on any atom is 0.239 e. The molecule has 0 fully saturated rings. The van der Waals surface area contributed by atoms with Crippen molar-refractivity contribution in [3.05, 3.63) is 36.0 Å². The van der Waals surface area contributed by atoms with Crippen LogP contribution in [0.4, 0.5) is 17.5 Å². The summed E-state index contributed by atoms with van der Waals surface area (Å²) in [6, 6.07) is 9.52. The van der Waals surface area contributed by atoms with Crippen molar-refractivity contribution < 1.29 is 4.74 Å². The number of anilines is 3. The minimum Gasteiger partial charge on any atom is -0.494 e. The van der Waals surface area contributed by atoms with E-state index < -0.39 is 0 Å². The number of hydrogen-bond donors (Lipinski definition) is 3. The van der Waals surface area contributed by atoms with Crippen LogP contribution in [0.2, 0.25) is 0 Å². The van der Waals surface area contributed by atoms with E-state index in [0.717, 1.165) is 17.1 Å². The Morgan fingerprint density at radius 1 is 1.26 bits per heavy atom. The monoisotopic (exact) mass is 259 g/mol. The molecule has 0 unspecified atom stereocenters. The molecular weight excluding hydrogens is 242 g/mol. The summed E-state index contributed by atoms with van der Waals surface area (Å²) in [5, 5.41) is 3.19. The Labute approximate surface area is 112 Å². The highest BCUT2D eigenvalue weighted by Gasteiger charge is 2.02. The molecule has 19 heavy (non-hydrogen) atoms. The molecule has 2 rings (SSSR count). The van der Waals surface area contributed by atoms with Gasteiger partial charge in [-0.25, -0.2) is 10.8 Å². The standard InChI is InChI=1S/C13H17N5O/c1-3-19-11-6-4-5-10(8-11)16-12-7-9(2)15-13(17-12)18-14/h4-8H,3,14H2,1-2H3,(H2,15,16,17,18). The summed E-state index contributed by atoms with van der Waals surface area (Å²) in [6.07, 6.45) is 0. The lowest BCUT2D eigenvalue weighted by atomic mass is 10.3. The first-order valence-electron chi connectivity index (χ1n) is 6.03. The highest BCUT2D eigenvalue weighted by Crippen LogP contribution is 2.21. The van der Waals surface area contributed by atoms with Crippen LogP contribution in [-0.2, 0) is 0 Å².